The van der Waals surface area contributed by atoms with Gasteiger partial charge in [-0.3, -0.25) is 0 Å². The Kier molecular flexibility index (Phi) is 4.53. The zero-order valence-corrected chi connectivity index (χ0v) is 13.0. The third-order valence-corrected chi connectivity index (χ3v) is 5.00. The zero-order valence-electron chi connectivity index (χ0n) is 12.1. The van der Waals surface area contributed by atoms with E-state index >= 15 is 0 Å². The number of piperidine rings is 1. The molecule has 3 rings (SSSR count). The molecule has 1 aliphatic heterocycles. The summed E-state index contributed by atoms with van der Waals surface area (Å²) >= 11 is 1.82. The summed E-state index contributed by atoms with van der Waals surface area (Å²) in [6.07, 6.45) is 5.15. The molecule has 20 heavy (non-hydrogen) atoms. The number of hydrogen-bond donors (Lipinski definition) is 1. The molecule has 1 aliphatic rings. The van der Waals surface area contributed by atoms with Crippen LogP contribution < -0.4 is 10.2 Å². The lowest BCUT2D eigenvalue weighted by Gasteiger charge is -2.30. The normalized spacial score (nSPS) is 19.4. The average molecular weight is 289 g/mol. The Morgan fingerprint density at radius 1 is 1.35 bits per heavy atom. The van der Waals surface area contributed by atoms with E-state index < -0.39 is 0 Å². The molecule has 108 valence electrons. The fourth-order valence-electron chi connectivity index (χ4n) is 2.88. The number of fused-ring (bicyclic) bond motifs is 1. The third kappa shape index (κ3) is 3.13. The second-order valence-corrected chi connectivity index (χ2v) is 6.57. The van der Waals surface area contributed by atoms with Crippen LogP contribution in [0.4, 0.5) is 5.13 Å². The van der Waals surface area contributed by atoms with Crippen molar-refractivity contribution >= 4 is 26.7 Å². The maximum absolute atomic E-state index is 4.81. The number of benzene rings is 1. The van der Waals surface area contributed by atoms with E-state index in [4.69, 9.17) is 4.98 Å². The predicted octanol–water partition coefficient (Wildman–Crippen LogP) is 3.65. The lowest BCUT2D eigenvalue weighted by molar-refractivity contribution is 0.399. The molecule has 1 saturated heterocycles. The van der Waals surface area contributed by atoms with Crippen LogP contribution in [0.1, 0.15) is 32.6 Å². The highest BCUT2D eigenvalue weighted by molar-refractivity contribution is 7.22. The van der Waals surface area contributed by atoms with E-state index in [0.29, 0.717) is 6.04 Å². The lowest BCUT2D eigenvalue weighted by Crippen LogP contribution is -2.44. The maximum Gasteiger partial charge on any atom is 0.186 e. The zero-order chi connectivity index (χ0) is 13.8. The predicted molar refractivity (Wildman–Crippen MR) is 87.8 cm³/mol. The van der Waals surface area contributed by atoms with Gasteiger partial charge in [0.2, 0.25) is 0 Å². The first-order valence-electron chi connectivity index (χ1n) is 7.70. The number of aromatic nitrogens is 1. The van der Waals surface area contributed by atoms with Crippen LogP contribution in [0.5, 0.6) is 0 Å². The first kappa shape index (κ1) is 13.8. The molecule has 1 aromatic heterocycles. The Morgan fingerprint density at radius 3 is 3.00 bits per heavy atom. The monoisotopic (exact) mass is 289 g/mol. The summed E-state index contributed by atoms with van der Waals surface area (Å²) in [6, 6.07) is 9.07. The first-order valence-corrected chi connectivity index (χ1v) is 8.52. The number of hydrogen-bond acceptors (Lipinski definition) is 4. The maximum atomic E-state index is 4.81. The molecule has 2 heterocycles. The number of para-hydroxylation sites is 1. The van der Waals surface area contributed by atoms with E-state index in [2.05, 4.69) is 41.4 Å². The Bertz CT molecular complexity index is 512. The van der Waals surface area contributed by atoms with Crippen molar-refractivity contribution in [3.63, 3.8) is 0 Å². The lowest BCUT2D eigenvalue weighted by atomic mass is 10.0. The third-order valence-electron chi connectivity index (χ3n) is 3.90. The second kappa shape index (κ2) is 6.55. The van der Waals surface area contributed by atoms with E-state index in [0.717, 1.165) is 18.6 Å². The molecule has 0 radical (unpaired) electrons. The molecule has 3 nitrogen and oxygen atoms in total. The van der Waals surface area contributed by atoms with Crippen molar-refractivity contribution < 1.29 is 0 Å². The summed E-state index contributed by atoms with van der Waals surface area (Å²) in [5, 5.41) is 4.83. The Labute approximate surface area is 125 Å². The van der Waals surface area contributed by atoms with Crippen molar-refractivity contribution in [3.05, 3.63) is 24.3 Å². The van der Waals surface area contributed by atoms with E-state index in [9.17, 15) is 0 Å². The summed E-state index contributed by atoms with van der Waals surface area (Å²) in [5.74, 6) is 0. The summed E-state index contributed by atoms with van der Waals surface area (Å²) in [6.45, 7) is 5.60. The van der Waals surface area contributed by atoms with Gasteiger partial charge in [0.25, 0.3) is 0 Å². The van der Waals surface area contributed by atoms with Crippen LogP contribution >= 0.6 is 11.3 Å². The van der Waals surface area contributed by atoms with Crippen molar-refractivity contribution in [2.75, 3.05) is 24.5 Å². The average Bonchev–Trinajstić information content (AvgIpc) is 2.92. The van der Waals surface area contributed by atoms with E-state index in [-0.39, 0.29) is 0 Å². The highest BCUT2D eigenvalue weighted by Crippen LogP contribution is 2.29. The largest absolute Gasteiger partial charge is 0.347 e. The van der Waals surface area contributed by atoms with Gasteiger partial charge < -0.3 is 10.2 Å². The van der Waals surface area contributed by atoms with Gasteiger partial charge in [-0.25, -0.2) is 4.98 Å². The van der Waals surface area contributed by atoms with Crippen molar-refractivity contribution in [3.8, 4) is 0 Å². The molecule has 1 atom stereocenters. The van der Waals surface area contributed by atoms with Crippen LogP contribution in [0, 0.1) is 0 Å². The summed E-state index contributed by atoms with van der Waals surface area (Å²) in [4.78, 5) is 7.28. The smallest absolute Gasteiger partial charge is 0.186 e. The number of nitrogens with zero attached hydrogens (tertiary/aromatic N) is 2. The molecule has 1 N–H and O–H groups in total. The van der Waals surface area contributed by atoms with Crippen LogP contribution in [-0.2, 0) is 0 Å². The fourth-order valence-corrected chi connectivity index (χ4v) is 3.88. The molecular formula is C16H23N3S. The van der Waals surface area contributed by atoms with Crippen molar-refractivity contribution in [2.24, 2.45) is 0 Å². The number of rotatable bonds is 5. The molecule has 2 aromatic rings. The summed E-state index contributed by atoms with van der Waals surface area (Å²) < 4.78 is 1.29. The quantitative estimate of drug-likeness (QED) is 0.910. The Hall–Kier alpha value is -1.13. The van der Waals surface area contributed by atoms with Crippen molar-refractivity contribution in [2.45, 2.75) is 38.6 Å². The van der Waals surface area contributed by atoms with Gasteiger partial charge in [-0.2, -0.15) is 0 Å². The van der Waals surface area contributed by atoms with Crippen molar-refractivity contribution in [1.82, 2.24) is 10.3 Å². The standard InChI is InChI=1S/C16H23N3S/c1-2-11-19(12-13-7-5-6-10-17-13)16-18-14-8-3-4-9-15(14)20-16/h3-4,8-9,13,17H,2,5-7,10-12H2,1H3. The first-order chi connectivity index (χ1) is 9.86. The molecule has 0 saturated carbocycles. The van der Waals surface area contributed by atoms with Gasteiger partial charge >= 0.3 is 0 Å². The van der Waals surface area contributed by atoms with Crippen LogP contribution in [-0.4, -0.2) is 30.7 Å². The van der Waals surface area contributed by atoms with Crippen LogP contribution in [0.3, 0.4) is 0 Å². The van der Waals surface area contributed by atoms with Crippen LogP contribution in [0.25, 0.3) is 10.2 Å². The SMILES string of the molecule is CCCN(CC1CCCCN1)c1nc2ccccc2s1. The molecule has 0 aliphatic carbocycles. The minimum absolute atomic E-state index is 0.627. The molecule has 0 spiro atoms. The Morgan fingerprint density at radius 2 is 2.25 bits per heavy atom. The van der Waals surface area contributed by atoms with E-state index in [1.165, 1.54) is 42.1 Å². The highest BCUT2D eigenvalue weighted by Gasteiger charge is 2.18. The number of nitrogens with one attached hydrogen (secondary N) is 1. The molecule has 0 bridgehead atoms. The molecular weight excluding hydrogens is 266 g/mol. The van der Waals surface area contributed by atoms with Gasteiger partial charge in [-0.1, -0.05) is 36.8 Å². The molecule has 4 heteroatoms. The van der Waals surface area contributed by atoms with E-state index in [1.807, 2.05) is 11.3 Å². The van der Waals surface area contributed by atoms with Gasteiger partial charge in [0.05, 0.1) is 10.2 Å². The molecule has 1 aromatic carbocycles. The van der Waals surface area contributed by atoms with Gasteiger partial charge in [0, 0.05) is 19.1 Å². The van der Waals surface area contributed by atoms with Gasteiger partial charge in [0.15, 0.2) is 5.13 Å². The topological polar surface area (TPSA) is 28.2 Å². The number of thiazole rings is 1. The Balaban J connectivity index is 1.77. The van der Waals surface area contributed by atoms with Gasteiger partial charge in [0.1, 0.15) is 0 Å². The molecule has 1 unspecified atom stereocenters. The van der Waals surface area contributed by atoms with Crippen LogP contribution in [0.2, 0.25) is 0 Å². The van der Waals surface area contributed by atoms with E-state index in [1.54, 1.807) is 0 Å². The highest BCUT2D eigenvalue weighted by atomic mass is 32.1. The second-order valence-electron chi connectivity index (χ2n) is 5.56. The molecule has 1 fully saturated rings. The fraction of sp³-hybridized carbons (Fsp3) is 0.562. The minimum atomic E-state index is 0.627. The molecule has 0 amide bonds. The summed E-state index contributed by atoms with van der Waals surface area (Å²) in [5.41, 5.74) is 1.13. The minimum Gasteiger partial charge on any atom is -0.347 e. The van der Waals surface area contributed by atoms with Crippen molar-refractivity contribution in [1.29, 1.82) is 0 Å². The number of anilines is 1. The van der Waals surface area contributed by atoms with Crippen LogP contribution in [0.15, 0.2) is 24.3 Å². The van der Waals surface area contributed by atoms with Gasteiger partial charge in [-0.05, 0) is 37.9 Å². The summed E-state index contributed by atoms with van der Waals surface area (Å²) in [7, 11) is 0. The van der Waals surface area contributed by atoms with Gasteiger partial charge in [-0.15, -0.1) is 0 Å².